The summed E-state index contributed by atoms with van der Waals surface area (Å²) < 4.78 is 0. The molecule has 16 heavy (non-hydrogen) atoms. The minimum atomic E-state index is 0.124. The number of amides is 1. The molecule has 2 fully saturated rings. The lowest BCUT2D eigenvalue weighted by atomic mass is 10.0. The van der Waals surface area contributed by atoms with Crippen molar-refractivity contribution < 1.29 is 4.79 Å². The monoisotopic (exact) mass is 220 g/mol. The van der Waals surface area contributed by atoms with Crippen molar-refractivity contribution in [1.29, 1.82) is 0 Å². The zero-order chi connectivity index (χ0) is 11.0. The average molecular weight is 220 g/mol. The van der Waals surface area contributed by atoms with Crippen LogP contribution in [0.15, 0.2) is 12.2 Å². The molecule has 2 atom stereocenters. The summed E-state index contributed by atoms with van der Waals surface area (Å²) >= 11 is 0. The van der Waals surface area contributed by atoms with Gasteiger partial charge in [0.05, 0.1) is 6.04 Å². The summed E-state index contributed by atoms with van der Waals surface area (Å²) in [5.41, 5.74) is 0. The lowest BCUT2D eigenvalue weighted by Gasteiger charge is -2.29. The fraction of sp³-hybridized carbons (Fsp3) is 0.769. The van der Waals surface area contributed by atoms with Gasteiger partial charge in [-0.25, -0.2) is 0 Å². The van der Waals surface area contributed by atoms with E-state index < -0.39 is 0 Å². The molecule has 3 nitrogen and oxygen atoms in total. The maximum absolute atomic E-state index is 12.2. The second-order valence-electron chi connectivity index (χ2n) is 5.25. The Balaban J connectivity index is 1.59. The first kappa shape index (κ1) is 10.3. The van der Waals surface area contributed by atoms with Gasteiger partial charge in [-0.05, 0) is 38.5 Å². The predicted molar refractivity (Wildman–Crippen MR) is 63.1 cm³/mol. The Kier molecular flexibility index (Phi) is 2.72. The van der Waals surface area contributed by atoms with Crippen molar-refractivity contribution in [3.05, 3.63) is 12.2 Å². The molecule has 3 aliphatic rings. The largest absolute Gasteiger partial charge is 0.338 e. The van der Waals surface area contributed by atoms with Crippen LogP contribution in [0.1, 0.15) is 38.5 Å². The van der Waals surface area contributed by atoms with Gasteiger partial charge in [0, 0.05) is 18.6 Å². The highest BCUT2D eigenvalue weighted by Crippen LogP contribution is 2.26. The molecule has 1 saturated heterocycles. The average Bonchev–Trinajstić information content (AvgIpc) is 3.06. The smallest absolute Gasteiger partial charge is 0.240 e. The molecule has 0 bridgehead atoms. The van der Waals surface area contributed by atoms with Gasteiger partial charge < -0.3 is 10.2 Å². The highest BCUT2D eigenvalue weighted by Gasteiger charge is 2.38. The van der Waals surface area contributed by atoms with Gasteiger partial charge in [0.25, 0.3) is 0 Å². The number of carbonyl (C=O) groups excluding carboxylic acids is 1. The van der Waals surface area contributed by atoms with Crippen molar-refractivity contribution in [2.24, 2.45) is 0 Å². The zero-order valence-electron chi connectivity index (χ0n) is 9.69. The SMILES string of the molecule is O=C1C(NC2CC2)CCN1C1CC=CCC1. The van der Waals surface area contributed by atoms with Crippen LogP contribution in [0.4, 0.5) is 0 Å². The van der Waals surface area contributed by atoms with Gasteiger partial charge in [0.2, 0.25) is 5.91 Å². The van der Waals surface area contributed by atoms with Crippen molar-refractivity contribution in [1.82, 2.24) is 10.2 Å². The predicted octanol–water partition coefficient (Wildman–Crippen LogP) is 1.45. The number of allylic oxidation sites excluding steroid dienone is 1. The number of nitrogens with zero attached hydrogens (tertiary/aromatic N) is 1. The molecule has 1 N–H and O–H groups in total. The molecular weight excluding hydrogens is 200 g/mol. The van der Waals surface area contributed by atoms with E-state index in [9.17, 15) is 4.79 Å². The number of carbonyl (C=O) groups is 1. The van der Waals surface area contributed by atoms with E-state index in [0.717, 1.165) is 32.2 Å². The number of nitrogens with one attached hydrogen (secondary N) is 1. The first-order valence-electron chi connectivity index (χ1n) is 6.56. The van der Waals surface area contributed by atoms with Crippen LogP contribution in [-0.4, -0.2) is 35.5 Å². The summed E-state index contributed by atoms with van der Waals surface area (Å²) in [4.78, 5) is 14.3. The first-order valence-corrected chi connectivity index (χ1v) is 6.56. The van der Waals surface area contributed by atoms with E-state index >= 15 is 0 Å². The molecule has 0 radical (unpaired) electrons. The molecular formula is C13H20N2O. The van der Waals surface area contributed by atoms with Crippen LogP contribution in [0.2, 0.25) is 0 Å². The van der Waals surface area contributed by atoms with E-state index in [1.54, 1.807) is 0 Å². The molecule has 1 aliphatic heterocycles. The third kappa shape index (κ3) is 2.01. The lowest BCUT2D eigenvalue weighted by molar-refractivity contribution is -0.131. The third-order valence-corrected chi connectivity index (χ3v) is 3.94. The molecule has 0 aromatic heterocycles. The van der Waals surface area contributed by atoms with Gasteiger partial charge in [-0.3, -0.25) is 4.79 Å². The van der Waals surface area contributed by atoms with Crippen LogP contribution >= 0.6 is 0 Å². The summed E-state index contributed by atoms with van der Waals surface area (Å²) in [6.45, 7) is 0.960. The molecule has 2 aliphatic carbocycles. The fourth-order valence-electron chi connectivity index (χ4n) is 2.81. The lowest BCUT2D eigenvalue weighted by Crippen LogP contribution is -2.43. The summed E-state index contributed by atoms with van der Waals surface area (Å²) in [5, 5.41) is 3.46. The van der Waals surface area contributed by atoms with Gasteiger partial charge in [-0.1, -0.05) is 12.2 Å². The van der Waals surface area contributed by atoms with Crippen molar-refractivity contribution in [2.45, 2.75) is 56.7 Å². The van der Waals surface area contributed by atoms with Gasteiger partial charge in [-0.2, -0.15) is 0 Å². The van der Waals surface area contributed by atoms with Crippen LogP contribution < -0.4 is 5.32 Å². The van der Waals surface area contributed by atoms with Gasteiger partial charge in [0.15, 0.2) is 0 Å². The normalized spacial score (nSPS) is 34.8. The topological polar surface area (TPSA) is 32.3 Å². The minimum Gasteiger partial charge on any atom is -0.338 e. The fourth-order valence-corrected chi connectivity index (χ4v) is 2.81. The van der Waals surface area contributed by atoms with E-state index in [1.165, 1.54) is 12.8 Å². The van der Waals surface area contributed by atoms with Crippen molar-refractivity contribution in [3.8, 4) is 0 Å². The Bertz CT molecular complexity index is 309. The Labute approximate surface area is 96.9 Å². The zero-order valence-corrected chi connectivity index (χ0v) is 9.69. The Hall–Kier alpha value is -0.830. The molecule has 1 amide bonds. The number of rotatable bonds is 3. The second kappa shape index (κ2) is 4.21. The maximum Gasteiger partial charge on any atom is 0.240 e. The van der Waals surface area contributed by atoms with E-state index in [0.29, 0.717) is 18.0 Å². The molecule has 1 saturated carbocycles. The summed E-state index contributed by atoms with van der Waals surface area (Å²) in [6.07, 6.45) is 11.3. The van der Waals surface area contributed by atoms with E-state index in [1.807, 2.05) is 0 Å². The van der Waals surface area contributed by atoms with Crippen molar-refractivity contribution in [2.75, 3.05) is 6.54 Å². The van der Waals surface area contributed by atoms with E-state index in [2.05, 4.69) is 22.4 Å². The number of hydrogen-bond acceptors (Lipinski definition) is 2. The molecule has 3 heteroatoms. The standard InChI is InChI=1S/C13H20N2O/c16-13-12(14-10-6-7-10)8-9-15(13)11-4-2-1-3-5-11/h1-2,10-12,14H,3-9H2. The Morgan fingerprint density at radius 1 is 1.19 bits per heavy atom. The molecule has 2 unspecified atom stereocenters. The second-order valence-corrected chi connectivity index (χ2v) is 5.25. The molecule has 88 valence electrons. The van der Waals surface area contributed by atoms with E-state index in [-0.39, 0.29) is 6.04 Å². The summed E-state index contributed by atoms with van der Waals surface area (Å²) in [5.74, 6) is 0.354. The van der Waals surface area contributed by atoms with Gasteiger partial charge >= 0.3 is 0 Å². The first-order chi connectivity index (χ1) is 7.84. The molecule has 0 spiro atoms. The van der Waals surface area contributed by atoms with Crippen LogP contribution in [0, 0.1) is 0 Å². The number of likely N-dealkylation sites (tertiary alicyclic amines) is 1. The molecule has 0 aromatic rings. The third-order valence-electron chi connectivity index (χ3n) is 3.94. The molecule has 1 heterocycles. The van der Waals surface area contributed by atoms with Crippen molar-refractivity contribution >= 4 is 5.91 Å². The summed E-state index contributed by atoms with van der Waals surface area (Å²) in [6, 6.07) is 1.24. The van der Waals surface area contributed by atoms with Crippen LogP contribution in [-0.2, 0) is 4.79 Å². The van der Waals surface area contributed by atoms with Crippen LogP contribution in [0.5, 0.6) is 0 Å². The highest BCUT2D eigenvalue weighted by atomic mass is 16.2. The van der Waals surface area contributed by atoms with Crippen LogP contribution in [0.3, 0.4) is 0 Å². The molecule has 3 rings (SSSR count). The molecule has 0 aromatic carbocycles. The van der Waals surface area contributed by atoms with Gasteiger partial charge in [-0.15, -0.1) is 0 Å². The Morgan fingerprint density at radius 2 is 2.06 bits per heavy atom. The van der Waals surface area contributed by atoms with Gasteiger partial charge in [0.1, 0.15) is 0 Å². The minimum absolute atomic E-state index is 0.124. The maximum atomic E-state index is 12.2. The van der Waals surface area contributed by atoms with E-state index in [4.69, 9.17) is 0 Å². The summed E-state index contributed by atoms with van der Waals surface area (Å²) in [7, 11) is 0. The highest BCUT2D eigenvalue weighted by molar-refractivity contribution is 5.84. The quantitative estimate of drug-likeness (QED) is 0.730. The Morgan fingerprint density at radius 3 is 2.75 bits per heavy atom. The van der Waals surface area contributed by atoms with Crippen LogP contribution in [0.25, 0.3) is 0 Å². The van der Waals surface area contributed by atoms with Crippen molar-refractivity contribution in [3.63, 3.8) is 0 Å². The number of hydrogen-bond donors (Lipinski definition) is 1.